The van der Waals surface area contributed by atoms with E-state index >= 15 is 0 Å². The van der Waals surface area contributed by atoms with Crippen LogP contribution in [0.1, 0.15) is 47.7 Å². The maximum absolute atomic E-state index is 13.4. The molecule has 0 saturated carbocycles. The Morgan fingerprint density at radius 3 is 2.59 bits per heavy atom. The zero-order chi connectivity index (χ0) is 20.8. The number of ether oxygens (including phenoxy) is 4. The van der Waals surface area contributed by atoms with E-state index in [4.69, 9.17) is 18.9 Å². The Labute approximate surface area is 169 Å². The van der Waals surface area contributed by atoms with Crippen LogP contribution in [0.25, 0.3) is 6.08 Å². The molecule has 0 amide bonds. The average Bonchev–Trinajstić information content (AvgIpc) is 2.71. The topological polar surface area (TPSA) is 74.2 Å². The average molecular weight is 396 g/mol. The third-order valence-corrected chi connectivity index (χ3v) is 5.34. The highest BCUT2D eigenvalue weighted by molar-refractivity contribution is 6.05. The molecule has 2 heterocycles. The van der Waals surface area contributed by atoms with Crippen molar-refractivity contribution in [2.45, 2.75) is 31.8 Å². The molecular formula is C23H24O6. The van der Waals surface area contributed by atoms with E-state index in [0.717, 1.165) is 5.56 Å². The second-order valence-corrected chi connectivity index (χ2v) is 7.71. The van der Waals surface area contributed by atoms with Crippen LogP contribution >= 0.6 is 0 Å². The van der Waals surface area contributed by atoms with Gasteiger partial charge < -0.3 is 24.1 Å². The molecule has 6 nitrogen and oxygen atoms in total. The maximum atomic E-state index is 13.4. The first-order valence-electron chi connectivity index (χ1n) is 9.52. The lowest BCUT2D eigenvalue weighted by Gasteiger charge is -2.29. The minimum atomic E-state index is -0.458. The van der Waals surface area contributed by atoms with Crippen LogP contribution in [0.15, 0.2) is 30.3 Å². The zero-order valence-corrected chi connectivity index (χ0v) is 16.9. The molecule has 0 bridgehead atoms. The molecule has 152 valence electrons. The molecule has 2 aromatic carbocycles. The van der Waals surface area contributed by atoms with Crippen molar-refractivity contribution in [2.75, 3.05) is 20.8 Å². The van der Waals surface area contributed by atoms with Gasteiger partial charge in [0.05, 0.1) is 37.9 Å². The number of phenolic OH excluding ortho intramolecular Hbond substituents is 1. The third kappa shape index (κ3) is 3.28. The van der Waals surface area contributed by atoms with Gasteiger partial charge in [-0.25, -0.2) is 0 Å². The molecule has 2 aliphatic heterocycles. The molecule has 2 aliphatic rings. The predicted octanol–water partition coefficient (Wildman–Crippen LogP) is 4.34. The Morgan fingerprint density at radius 1 is 1.14 bits per heavy atom. The number of aromatic hydroxyl groups is 1. The monoisotopic (exact) mass is 396 g/mol. The normalized spacial score (nSPS) is 18.7. The molecule has 1 N–H and O–H groups in total. The molecule has 0 unspecified atom stereocenters. The third-order valence-electron chi connectivity index (χ3n) is 5.34. The Bertz CT molecular complexity index is 1000. The maximum Gasteiger partial charge on any atom is 0.174 e. The lowest BCUT2D eigenvalue weighted by molar-refractivity contribution is 0.0929. The second kappa shape index (κ2) is 7.03. The first kappa shape index (κ1) is 19.2. The fourth-order valence-corrected chi connectivity index (χ4v) is 3.82. The Balaban J connectivity index is 1.74. The fourth-order valence-electron chi connectivity index (χ4n) is 3.82. The molecule has 1 atom stereocenters. The molecular weight excluding hydrogens is 372 g/mol. The van der Waals surface area contributed by atoms with Gasteiger partial charge in [-0.1, -0.05) is 0 Å². The van der Waals surface area contributed by atoms with Crippen molar-refractivity contribution in [1.82, 2.24) is 0 Å². The number of carbonyl (C=O) groups is 1. The van der Waals surface area contributed by atoms with Gasteiger partial charge in [0, 0.05) is 11.6 Å². The van der Waals surface area contributed by atoms with Crippen LogP contribution < -0.4 is 18.9 Å². The van der Waals surface area contributed by atoms with E-state index < -0.39 is 11.5 Å². The number of carbonyl (C=O) groups excluding carboxylic acids is 1. The molecule has 0 fully saturated rings. The summed E-state index contributed by atoms with van der Waals surface area (Å²) in [7, 11) is 3.10. The van der Waals surface area contributed by atoms with Crippen LogP contribution in [0.3, 0.4) is 0 Å². The van der Waals surface area contributed by atoms with E-state index in [0.29, 0.717) is 41.6 Å². The van der Waals surface area contributed by atoms with E-state index in [2.05, 4.69) is 0 Å². The first-order chi connectivity index (χ1) is 13.8. The number of Topliss-reactive ketones (excluding diaryl/α,β-unsaturated/α-hetero) is 1. The number of benzene rings is 2. The van der Waals surface area contributed by atoms with E-state index in [1.807, 2.05) is 19.9 Å². The summed E-state index contributed by atoms with van der Waals surface area (Å²) in [5.74, 6) is 1.55. The molecule has 0 aromatic heterocycles. The van der Waals surface area contributed by atoms with Crippen molar-refractivity contribution in [3.05, 3.63) is 47.0 Å². The zero-order valence-electron chi connectivity index (χ0n) is 16.9. The van der Waals surface area contributed by atoms with E-state index in [-0.39, 0.29) is 17.1 Å². The van der Waals surface area contributed by atoms with Gasteiger partial charge in [0.15, 0.2) is 17.3 Å². The lowest BCUT2D eigenvalue weighted by atomic mass is 9.85. The number of hydrogen-bond acceptors (Lipinski definition) is 6. The van der Waals surface area contributed by atoms with E-state index in [1.54, 1.807) is 44.6 Å². The summed E-state index contributed by atoms with van der Waals surface area (Å²) in [6.07, 6.45) is 4.18. The van der Waals surface area contributed by atoms with Gasteiger partial charge in [-0.3, -0.25) is 4.79 Å². The van der Waals surface area contributed by atoms with E-state index in [1.165, 1.54) is 0 Å². The molecule has 0 spiro atoms. The van der Waals surface area contributed by atoms with Crippen LogP contribution in [0.5, 0.6) is 28.7 Å². The SMILES string of the molecule is COc1cc2c(cc1OC)[C@@H](C(=O)c1ccc3c(c1O)C=CC(C)(C)O3)CCO2. The highest BCUT2D eigenvalue weighted by Crippen LogP contribution is 2.45. The van der Waals surface area contributed by atoms with Gasteiger partial charge in [0.1, 0.15) is 22.8 Å². The van der Waals surface area contributed by atoms with E-state index in [9.17, 15) is 9.90 Å². The van der Waals surface area contributed by atoms with Crippen molar-refractivity contribution >= 4 is 11.9 Å². The standard InChI is InChI=1S/C23H24O6/c1-23(2)9-7-14-17(29-23)6-5-15(22(14)25)21(24)13-8-10-28-18-12-20(27-4)19(26-3)11-16(13)18/h5-7,9,11-13,25H,8,10H2,1-4H3/t13-/m0/s1. The van der Waals surface area contributed by atoms with Crippen LogP contribution in [0.2, 0.25) is 0 Å². The van der Waals surface area contributed by atoms with Crippen LogP contribution in [-0.4, -0.2) is 37.3 Å². The second-order valence-electron chi connectivity index (χ2n) is 7.71. The fraction of sp³-hybridized carbons (Fsp3) is 0.348. The quantitative estimate of drug-likeness (QED) is 0.775. The number of rotatable bonds is 4. The number of ketones is 1. The summed E-state index contributed by atoms with van der Waals surface area (Å²) >= 11 is 0. The number of phenols is 1. The highest BCUT2D eigenvalue weighted by atomic mass is 16.5. The summed E-state index contributed by atoms with van der Waals surface area (Å²) in [6.45, 7) is 4.27. The number of methoxy groups -OCH3 is 2. The van der Waals surface area contributed by atoms with Gasteiger partial charge in [-0.05, 0) is 50.6 Å². The number of hydrogen-bond donors (Lipinski definition) is 1. The van der Waals surface area contributed by atoms with Crippen molar-refractivity contribution < 1.29 is 28.8 Å². The Morgan fingerprint density at radius 2 is 1.86 bits per heavy atom. The molecule has 29 heavy (non-hydrogen) atoms. The summed E-state index contributed by atoms with van der Waals surface area (Å²) in [4.78, 5) is 13.4. The minimum absolute atomic E-state index is 0.0623. The molecule has 2 aromatic rings. The van der Waals surface area contributed by atoms with Crippen LogP contribution in [0, 0.1) is 0 Å². The summed E-state index contributed by atoms with van der Waals surface area (Å²) < 4.78 is 22.3. The lowest BCUT2D eigenvalue weighted by Crippen LogP contribution is -2.27. The smallest absolute Gasteiger partial charge is 0.174 e. The molecule has 0 radical (unpaired) electrons. The van der Waals surface area contributed by atoms with Crippen molar-refractivity contribution in [1.29, 1.82) is 0 Å². The van der Waals surface area contributed by atoms with Crippen molar-refractivity contribution in [3.63, 3.8) is 0 Å². The largest absolute Gasteiger partial charge is 0.506 e. The van der Waals surface area contributed by atoms with Gasteiger partial charge >= 0.3 is 0 Å². The summed E-state index contributed by atoms with van der Waals surface area (Å²) in [6, 6.07) is 6.87. The van der Waals surface area contributed by atoms with Crippen molar-refractivity contribution in [3.8, 4) is 28.7 Å². The van der Waals surface area contributed by atoms with Crippen molar-refractivity contribution in [2.24, 2.45) is 0 Å². The molecule has 0 aliphatic carbocycles. The van der Waals surface area contributed by atoms with Crippen LogP contribution in [-0.2, 0) is 0 Å². The predicted molar refractivity (Wildman–Crippen MR) is 109 cm³/mol. The number of fused-ring (bicyclic) bond motifs is 2. The molecule has 6 heteroatoms. The Kier molecular flexibility index (Phi) is 4.65. The highest BCUT2D eigenvalue weighted by Gasteiger charge is 2.33. The van der Waals surface area contributed by atoms with Gasteiger partial charge in [0.25, 0.3) is 0 Å². The van der Waals surface area contributed by atoms with Gasteiger partial charge in [0.2, 0.25) is 0 Å². The first-order valence-corrected chi connectivity index (χ1v) is 9.52. The van der Waals surface area contributed by atoms with Gasteiger partial charge in [-0.15, -0.1) is 0 Å². The molecule has 0 saturated heterocycles. The summed E-state index contributed by atoms with van der Waals surface area (Å²) in [5, 5.41) is 10.8. The molecule has 4 rings (SSSR count). The Hall–Kier alpha value is -3.15. The van der Waals surface area contributed by atoms with Crippen LogP contribution in [0.4, 0.5) is 0 Å². The minimum Gasteiger partial charge on any atom is -0.506 e. The van der Waals surface area contributed by atoms with Gasteiger partial charge in [-0.2, -0.15) is 0 Å². The summed E-state index contributed by atoms with van der Waals surface area (Å²) in [5.41, 5.74) is 1.06.